The standard InChI is InChI=1S/C9H8O4.C5H9O4/c1-5-2-6(8(10)11)4-7(3-5)9(12)13;6-1-4-5(8)3(7)2-9-4/h2-4H,1H3,(H,10,11)(H,12,13);2-8H,1H2/t;3-,4+,5-/m.0/s1. The molecule has 0 spiro atoms. The fourth-order valence-corrected chi connectivity index (χ4v) is 1.74. The molecule has 1 aromatic carbocycles. The second-order valence-corrected chi connectivity index (χ2v) is 4.67. The number of hydrogen-bond acceptors (Lipinski definition) is 6. The fourth-order valence-electron chi connectivity index (χ4n) is 1.74. The molecule has 1 heterocycles. The third-order valence-corrected chi connectivity index (χ3v) is 2.87. The van der Waals surface area contributed by atoms with Crippen LogP contribution in [0.25, 0.3) is 0 Å². The van der Waals surface area contributed by atoms with Crippen LogP contribution in [-0.4, -0.2) is 62.4 Å². The first kappa shape index (κ1) is 18.1. The zero-order valence-corrected chi connectivity index (χ0v) is 11.7. The topological polar surface area (TPSA) is 145 Å². The van der Waals surface area contributed by atoms with E-state index in [2.05, 4.69) is 4.74 Å². The second-order valence-electron chi connectivity index (χ2n) is 4.67. The molecule has 1 saturated heterocycles. The average Bonchev–Trinajstić information content (AvgIpc) is 2.78. The first-order valence-corrected chi connectivity index (χ1v) is 6.30. The van der Waals surface area contributed by atoms with Crippen molar-refractivity contribution in [3.8, 4) is 0 Å². The summed E-state index contributed by atoms with van der Waals surface area (Å²) in [5.41, 5.74) is 0.618. The summed E-state index contributed by atoms with van der Waals surface area (Å²) in [6.07, 6.45) is -2.59. The van der Waals surface area contributed by atoms with Gasteiger partial charge in [0, 0.05) is 0 Å². The molecule has 0 aromatic heterocycles. The smallest absolute Gasteiger partial charge is 0.335 e. The molecule has 0 amide bonds. The van der Waals surface area contributed by atoms with Crippen molar-refractivity contribution >= 4 is 11.9 Å². The van der Waals surface area contributed by atoms with Gasteiger partial charge < -0.3 is 30.3 Å². The van der Waals surface area contributed by atoms with Crippen LogP contribution in [0.5, 0.6) is 0 Å². The maximum atomic E-state index is 10.5. The summed E-state index contributed by atoms with van der Waals surface area (Å²) in [6.45, 7) is 2.50. The summed E-state index contributed by atoms with van der Waals surface area (Å²) >= 11 is 0. The van der Waals surface area contributed by atoms with Crippen molar-refractivity contribution in [2.45, 2.75) is 25.2 Å². The first-order chi connectivity index (χ1) is 10.3. The maximum Gasteiger partial charge on any atom is 0.335 e. The Bertz CT molecular complexity index is 509. The molecular weight excluding hydrogens is 296 g/mol. The molecule has 0 bridgehead atoms. The van der Waals surface area contributed by atoms with Crippen LogP contribution in [0.3, 0.4) is 0 Å². The minimum atomic E-state index is -1.12. The third kappa shape index (κ3) is 4.78. The number of rotatable bonds is 3. The van der Waals surface area contributed by atoms with E-state index in [9.17, 15) is 9.59 Å². The van der Waals surface area contributed by atoms with Gasteiger partial charge in [-0.15, -0.1) is 0 Å². The first-order valence-electron chi connectivity index (χ1n) is 6.30. The molecule has 8 nitrogen and oxygen atoms in total. The normalized spacial score (nSPS) is 23.5. The third-order valence-electron chi connectivity index (χ3n) is 2.87. The number of aryl methyl sites for hydroxylation is 1. The lowest BCUT2D eigenvalue weighted by atomic mass is 10.1. The predicted molar refractivity (Wildman–Crippen MR) is 73.4 cm³/mol. The number of aromatic carboxylic acids is 2. The SMILES string of the molecule is Cc1cc(C(=O)O)cc(C(=O)O)c1.OC[C@H]1O[CH][C@H](O)[C@@H]1O. The number of carboxylic acids is 2. The minimum Gasteiger partial charge on any atom is -0.478 e. The largest absolute Gasteiger partial charge is 0.478 e. The second kappa shape index (κ2) is 7.85. The van der Waals surface area contributed by atoms with Crippen LogP contribution in [0, 0.1) is 13.5 Å². The number of ether oxygens (including phenoxy) is 1. The van der Waals surface area contributed by atoms with Crippen molar-refractivity contribution in [1.29, 1.82) is 0 Å². The van der Waals surface area contributed by atoms with Gasteiger partial charge in [0.25, 0.3) is 0 Å². The summed E-state index contributed by atoms with van der Waals surface area (Å²) in [5, 5.41) is 43.3. The minimum absolute atomic E-state index is 0.00241. The molecule has 1 aliphatic heterocycles. The van der Waals surface area contributed by atoms with Crippen LogP contribution in [0.2, 0.25) is 0 Å². The lowest BCUT2D eigenvalue weighted by Gasteiger charge is -2.10. The van der Waals surface area contributed by atoms with Gasteiger partial charge in [0.15, 0.2) is 0 Å². The molecule has 3 atom stereocenters. The maximum absolute atomic E-state index is 10.5. The Morgan fingerprint density at radius 3 is 1.86 bits per heavy atom. The molecule has 1 aromatic rings. The predicted octanol–water partition coefficient (Wildman–Crippen LogP) is -0.347. The van der Waals surface area contributed by atoms with Gasteiger partial charge in [-0.2, -0.15) is 0 Å². The number of aliphatic hydroxyl groups is 3. The van der Waals surface area contributed by atoms with E-state index in [0.717, 1.165) is 12.7 Å². The summed E-state index contributed by atoms with van der Waals surface area (Å²) in [4.78, 5) is 21.1. The Morgan fingerprint density at radius 1 is 1.09 bits per heavy atom. The van der Waals surface area contributed by atoms with E-state index in [1.165, 1.54) is 12.1 Å². The molecule has 0 saturated carbocycles. The van der Waals surface area contributed by atoms with Gasteiger partial charge in [-0.1, -0.05) is 0 Å². The fraction of sp³-hybridized carbons (Fsp3) is 0.357. The molecule has 8 heteroatoms. The quantitative estimate of drug-likeness (QED) is 0.509. The zero-order chi connectivity index (χ0) is 16.9. The Kier molecular flexibility index (Phi) is 6.44. The summed E-state index contributed by atoms with van der Waals surface area (Å²) in [7, 11) is 0. The summed E-state index contributed by atoms with van der Waals surface area (Å²) < 4.78 is 4.65. The highest BCUT2D eigenvalue weighted by Crippen LogP contribution is 2.16. The average molecular weight is 313 g/mol. The van der Waals surface area contributed by atoms with Crippen molar-refractivity contribution < 1.29 is 39.9 Å². The van der Waals surface area contributed by atoms with Crippen LogP contribution in [0.15, 0.2) is 18.2 Å². The summed E-state index contributed by atoms with van der Waals surface area (Å²) in [6, 6.07) is 3.99. The molecule has 5 N–H and O–H groups in total. The number of carbonyl (C=O) groups is 2. The molecule has 22 heavy (non-hydrogen) atoms. The van der Waals surface area contributed by atoms with E-state index >= 15 is 0 Å². The molecular formula is C14H17O8. The molecule has 0 aliphatic carbocycles. The van der Waals surface area contributed by atoms with Crippen LogP contribution in [-0.2, 0) is 4.74 Å². The number of aliphatic hydroxyl groups excluding tert-OH is 3. The monoisotopic (exact) mass is 313 g/mol. The lowest BCUT2D eigenvalue weighted by Crippen LogP contribution is -2.31. The molecule has 1 radical (unpaired) electrons. The Balaban J connectivity index is 0.000000235. The Labute approximate surface area is 126 Å². The van der Waals surface area contributed by atoms with Gasteiger partial charge in [-0.05, 0) is 30.7 Å². The molecule has 0 unspecified atom stereocenters. The Hall–Kier alpha value is -2.00. The highest BCUT2D eigenvalue weighted by Gasteiger charge is 2.34. The number of benzene rings is 1. The highest BCUT2D eigenvalue weighted by molar-refractivity contribution is 5.94. The molecule has 1 fully saturated rings. The van der Waals surface area contributed by atoms with Gasteiger partial charge >= 0.3 is 11.9 Å². The highest BCUT2D eigenvalue weighted by atomic mass is 16.5. The lowest BCUT2D eigenvalue weighted by molar-refractivity contribution is -0.00317. The van der Waals surface area contributed by atoms with Crippen molar-refractivity contribution in [3.63, 3.8) is 0 Å². The van der Waals surface area contributed by atoms with Gasteiger partial charge in [0.05, 0.1) is 17.7 Å². The molecule has 1 aliphatic rings. The van der Waals surface area contributed by atoms with Crippen molar-refractivity contribution in [2.24, 2.45) is 0 Å². The number of hydrogen-bond donors (Lipinski definition) is 5. The van der Waals surface area contributed by atoms with E-state index in [0.29, 0.717) is 5.56 Å². The molecule has 2 rings (SSSR count). The van der Waals surface area contributed by atoms with Gasteiger partial charge in [-0.3, -0.25) is 0 Å². The van der Waals surface area contributed by atoms with E-state index < -0.39 is 30.3 Å². The summed E-state index contributed by atoms with van der Waals surface area (Å²) in [5.74, 6) is -2.24. The van der Waals surface area contributed by atoms with Gasteiger partial charge in [0.2, 0.25) is 0 Å². The van der Waals surface area contributed by atoms with E-state index in [1.54, 1.807) is 6.92 Å². The Morgan fingerprint density at radius 2 is 1.59 bits per heavy atom. The van der Waals surface area contributed by atoms with E-state index in [1.807, 2.05) is 0 Å². The van der Waals surface area contributed by atoms with Gasteiger partial charge in [0.1, 0.15) is 24.9 Å². The van der Waals surface area contributed by atoms with Crippen LogP contribution in [0.1, 0.15) is 26.3 Å². The molecule has 121 valence electrons. The van der Waals surface area contributed by atoms with Crippen LogP contribution < -0.4 is 0 Å². The van der Waals surface area contributed by atoms with Crippen molar-refractivity contribution in [2.75, 3.05) is 6.61 Å². The van der Waals surface area contributed by atoms with Crippen LogP contribution >= 0.6 is 0 Å². The number of carboxylic acid groups (broad SMARTS) is 2. The van der Waals surface area contributed by atoms with Crippen molar-refractivity contribution in [3.05, 3.63) is 41.5 Å². The van der Waals surface area contributed by atoms with Gasteiger partial charge in [-0.25, -0.2) is 9.59 Å². The van der Waals surface area contributed by atoms with Crippen LogP contribution in [0.4, 0.5) is 0 Å². The van der Waals surface area contributed by atoms with Crippen molar-refractivity contribution in [1.82, 2.24) is 0 Å². The van der Waals surface area contributed by atoms with E-state index in [-0.39, 0.29) is 17.7 Å². The van der Waals surface area contributed by atoms with E-state index in [4.69, 9.17) is 25.5 Å². The zero-order valence-electron chi connectivity index (χ0n) is 11.7.